The maximum absolute atomic E-state index is 12.6. The largest absolute Gasteiger partial charge is 0.331 e. The summed E-state index contributed by atoms with van der Waals surface area (Å²) in [5, 5.41) is 4.93. The van der Waals surface area contributed by atoms with E-state index in [-0.39, 0.29) is 11.7 Å². The monoisotopic (exact) mass is 289 g/mol. The molecule has 2 fully saturated rings. The summed E-state index contributed by atoms with van der Waals surface area (Å²) in [6, 6.07) is 2.30. The number of fused-ring (bicyclic) bond motifs is 3. The molecule has 1 amide bonds. The Labute approximate surface area is 120 Å². The molecular formula is C13H15N5OS. The minimum Gasteiger partial charge on any atom is -0.331 e. The van der Waals surface area contributed by atoms with E-state index in [9.17, 15) is 4.79 Å². The molecule has 7 heteroatoms. The van der Waals surface area contributed by atoms with Gasteiger partial charge in [-0.25, -0.2) is 9.50 Å². The molecule has 0 aliphatic carbocycles. The van der Waals surface area contributed by atoms with Crippen LogP contribution in [0.25, 0.3) is 5.78 Å². The molecule has 4 heterocycles. The van der Waals surface area contributed by atoms with Crippen LogP contribution >= 0.6 is 11.8 Å². The molecule has 0 radical (unpaired) electrons. The summed E-state index contributed by atoms with van der Waals surface area (Å²) in [5.41, 5.74) is 1.83. The van der Waals surface area contributed by atoms with Crippen molar-refractivity contribution in [3.8, 4) is 0 Å². The van der Waals surface area contributed by atoms with Crippen LogP contribution in [0.4, 0.5) is 0 Å². The number of rotatable bonds is 1. The highest BCUT2D eigenvalue weighted by Gasteiger charge is 2.42. The molecule has 104 valence electrons. The van der Waals surface area contributed by atoms with E-state index in [4.69, 9.17) is 0 Å². The third-order valence-corrected chi connectivity index (χ3v) is 5.36. The zero-order valence-corrected chi connectivity index (χ0v) is 12.2. The quantitative estimate of drug-likeness (QED) is 0.786. The first-order valence-corrected chi connectivity index (χ1v) is 7.80. The number of aryl methyl sites for hydroxylation is 2. The molecule has 2 aliphatic heterocycles. The molecule has 2 bridgehead atoms. The van der Waals surface area contributed by atoms with Crippen LogP contribution in [0, 0.1) is 13.8 Å². The van der Waals surface area contributed by atoms with Gasteiger partial charge in [-0.15, -0.1) is 5.10 Å². The van der Waals surface area contributed by atoms with Crippen molar-refractivity contribution in [2.24, 2.45) is 0 Å². The van der Waals surface area contributed by atoms with Gasteiger partial charge in [-0.2, -0.15) is 16.7 Å². The lowest BCUT2D eigenvalue weighted by molar-refractivity contribution is 0.0735. The molecule has 2 atom stereocenters. The number of amides is 1. The fourth-order valence-corrected chi connectivity index (χ4v) is 4.47. The first kappa shape index (κ1) is 12.1. The van der Waals surface area contributed by atoms with Crippen LogP contribution in [-0.4, -0.2) is 54.0 Å². The second kappa shape index (κ2) is 4.18. The molecular weight excluding hydrogens is 274 g/mol. The van der Waals surface area contributed by atoms with Crippen LogP contribution in [-0.2, 0) is 0 Å². The third kappa shape index (κ3) is 1.72. The number of hydrogen-bond acceptors (Lipinski definition) is 5. The highest BCUT2D eigenvalue weighted by molar-refractivity contribution is 8.00. The molecule has 4 rings (SSSR count). The van der Waals surface area contributed by atoms with Crippen LogP contribution in [0.3, 0.4) is 0 Å². The Morgan fingerprint density at radius 1 is 1.40 bits per heavy atom. The second-order valence-corrected chi connectivity index (χ2v) is 6.82. The molecule has 2 saturated heterocycles. The molecule has 2 aromatic rings. The smallest absolute Gasteiger partial charge is 0.293 e. The molecule has 20 heavy (non-hydrogen) atoms. The number of carbonyl (C=O) groups is 1. The van der Waals surface area contributed by atoms with Gasteiger partial charge in [0.15, 0.2) is 0 Å². The van der Waals surface area contributed by atoms with Crippen LogP contribution in [0.5, 0.6) is 0 Å². The van der Waals surface area contributed by atoms with E-state index >= 15 is 0 Å². The first-order chi connectivity index (χ1) is 9.61. The predicted molar refractivity (Wildman–Crippen MR) is 75.9 cm³/mol. The van der Waals surface area contributed by atoms with Crippen molar-refractivity contribution in [1.29, 1.82) is 0 Å². The summed E-state index contributed by atoms with van der Waals surface area (Å²) in [4.78, 5) is 23.1. The number of carbonyl (C=O) groups excluding carboxylic acids is 1. The van der Waals surface area contributed by atoms with Gasteiger partial charge < -0.3 is 4.90 Å². The van der Waals surface area contributed by atoms with Gasteiger partial charge in [0, 0.05) is 35.0 Å². The Hall–Kier alpha value is -1.63. The van der Waals surface area contributed by atoms with E-state index < -0.39 is 0 Å². The highest BCUT2D eigenvalue weighted by Crippen LogP contribution is 2.37. The van der Waals surface area contributed by atoms with E-state index in [0.29, 0.717) is 17.1 Å². The van der Waals surface area contributed by atoms with Gasteiger partial charge in [-0.05, 0) is 26.3 Å². The molecule has 2 aliphatic rings. The number of nitrogens with zero attached hydrogens (tertiary/aromatic N) is 5. The van der Waals surface area contributed by atoms with E-state index in [2.05, 4.69) is 15.1 Å². The van der Waals surface area contributed by atoms with Crippen molar-refractivity contribution in [2.75, 3.05) is 12.3 Å². The van der Waals surface area contributed by atoms with Gasteiger partial charge >= 0.3 is 0 Å². The minimum atomic E-state index is -0.0552. The standard InChI is InChI=1S/C13H15N5OS/c1-7-3-8(2)18-13(14-7)15-11(16-18)12(19)17-5-10-4-9(17)6-20-10/h3,9-10H,4-6H2,1-2H3/t9-,10+/m0/s1. The lowest BCUT2D eigenvalue weighted by Crippen LogP contribution is -2.39. The Balaban J connectivity index is 1.72. The minimum absolute atomic E-state index is 0.0552. The summed E-state index contributed by atoms with van der Waals surface area (Å²) in [6.07, 6.45) is 1.11. The molecule has 0 N–H and O–H groups in total. The molecule has 0 saturated carbocycles. The lowest BCUT2D eigenvalue weighted by Gasteiger charge is -2.25. The van der Waals surface area contributed by atoms with Gasteiger partial charge in [0.1, 0.15) is 0 Å². The van der Waals surface area contributed by atoms with Crippen molar-refractivity contribution < 1.29 is 4.79 Å². The highest BCUT2D eigenvalue weighted by atomic mass is 32.2. The SMILES string of the molecule is Cc1cc(C)n2nc(C(=O)N3C[C@H]4C[C@H]3CS4)nc2n1. The maximum atomic E-state index is 12.6. The van der Waals surface area contributed by atoms with Crippen molar-refractivity contribution in [3.63, 3.8) is 0 Å². The van der Waals surface area contributed by atoms with Gasteiger partial charge in [0.25, 0.3) is 11.7 Å². The van der Waals surface area contributed by atoms with Crippen molar-refractivity contribution >= 4 is 23.4 Å². The number of thioether (sulfide) groups is 1. The predicted octanol–water partition coefficient (Wildman–Crippen LogP) is 1.07. The summed E-state index contributed by atoms with van der Waals surface area (Å²) < 4.78 is 1.64. The van der Waals surface area contributed by atoms with E-state index in [1.165, 1.54) is 0 Å². The van der Waals surface area contributed by atoms with Crippen molar-refractivity contribution in [2.45, 2.75) is 31.6 Å². The Kier molecular flexibility index (Phi) is 2.54. The lowest BCUT2D eigenvalue weighted by atomic mass is 10.2. The van der Waals surface area contributed by atoms with Crippen molar-refractivity contribution in [3.05, 3.63) is 23.3 Å². The number of aromatic nitrogens is 4. The summed E-state index contributed by atoms with van der Waals surface area (Å²) in [6.45, 7) is 4.69. The number of likely N-dealkylation sites (tertiary alicyclic amines) is 1. The Morgan fingerprint density at radius 3 is 2.95 bits per heavy atom. The fraction of sp³-hybridized carbons (Fsp3) is 0.538. The molecule has 2 aromatic heterocycles. The normalized spacial score (nSPS) is 24.8. The van der Waals surface area contributed by atoms with Gasteiger partial charge in [-0.3, -0.25) is 4.79 Å². The molecule has 0 unspecified atom stereocenters. The average molecular weight is 289 g/mol. The zero-order valence-electron chi connectivity index (χ0n) is 11.4. The summed E-state index contributed by atoms with van der Waals surface area (Å²) in [5.74, 6) is 1.76. The van der Waals surface area contributed by atoms with Gasteiger partial charge in [0.05, 0.1) is 0 Å². The van der Waals surface area contributed by atoms with E-state index in [1.807, 2.05) is 36.6 Å². The Morgan fingerprint density at radius 2 is 2.25 bits per heavy atom. The van der Waals surface area contributed by atoms with Crippen molar-refractivity contribution in [1.82, 2.24) is 24.5 Å². The van der Waals surface area contributed by atoms with E-state index in [0.717, 1.165) is 30.1 Å². The number of hydrogen-bond donors (Lipinski definition) is 0. The first-order valence-electron chi connectivity index (χ1n) is 6.75. The zero-order chi connectivity index (χ0) is 13.9. The summed E-state index contributed by atoms with van der Waals surface area (Å²) in [7, 11) is 0. The van der Waals surface area contributed by atoms with Gasteiger partial charge in [0.2, 0.25) is 5.82 Å². The van der Waals surface area contributed by atoms with Crippen LogP contribution < -0.4 is 0 Å². The second-order valence-electron chi connectivity index (χ2n) is 5.49. The molecule has 0 aromatic carbocycles. The average Bonchev–Trinajstić information content (AvgIpc) is 3.11. The van der Waals surface area contributed by atoms with Crippen LogP contribution in [0.1, 0.15) is 28.4 Å². The fourth-order valence-electron chi connectivity index (χ4n) is 3.03. The van der Waals surface area contributed by atoms with E-state index in [1.54, 1.807) is 4.52 Å². The van der Waals surface area contributed by atoms with Gasteiger partial charge in [-0.1, -0.05) is 0 Å². The Bertz CT molecular complexity index is 712. The molecule has 0 spiro atoms. The maximum Gasteiger partial charge on any atom is 0.293 e. The topological polar surface area (TPSA) is 63.4 Å². The molecule has 6 nitrogen and oxygen atoms in total. The van der Waals surface area contributed by atoms with Crippen LogP contribution in [0.2, 0.25) is 0 Å². The van der Waals surface area contributed by atoms with Crippen LogP contribution in [0.15, 0.2) is 6.07 Å². The summed E-state index contributed by atoms with van der Waals surface area (Å²) >= 11 is 1.97. The third-order valence-electron chi connectivity index (χ3n) is 3.97.